The van der Waals surface area contributed by atoms with E-state index in [2.05, 4.69) is 22.6 Å². The number of rotatable bonds is 1. The van der Waals surface area contributed by atoms with Crippen molar-refractivity contribution < 1.29 is 9.59 Å². The average Bonchev–Trinajstić information content (AvgIpc) is 2.61. The van der Waals surface area contributed by atoms with Gasteiger partial charge in [-0.25, -0.2) is 4.90 Å². The van der Waals surface area contributed by atoms with Gasteiger partial charge >= 0.3 is 0 Å². The van der Waals surface area contributed by atoms with Crippen LogP contribution in [0.1, 0.15) is 26.3 Å². The van der Waals surface area contributed by atoms with Gasteiger partial charge < -0.3 is 0 Å². The fourth-order valence-electron chi connectivity index (χ4n) is 2.21. The maximum Gasteiger partial charge on any atom is 0.266 e. The van der Waals surface area contributed by atoms with Gasteiger partial charge in [-0.3, -0.25) is 9.59 Å². The zero-order valence-corrected chi connectivity index (χ0v) is 12.3. The molecule has 1 aliphatic heterocycles. The van der Waals surface area contributed by atoms with Crippen molar-refractivity contribution in [3.05, 3.63) is 62.7 Å². The Morgan fingerprint density at radius 1 is 0.947 bits per heavy atom. The maximum atomic E-state index is 12.4. The molecular formula is C15H10INO2. The van der Waals surface area contributed by atoms with E-state index in [0.717, 1.165) is 9.13 Å². The summed E-state index contributed by atoms with van der Waals surface area (Å²) in [5, 5.41) is 0. The van der Waals surface area contributed by atoms with E-state index in [1.54, 1.807) is 18.2 Å². The molecule has 0 saturated carbocycles. The Morgan fingerprint density at radius 3 is 2.42 bits per heavy atom. The molecule has 0 N–H and O–H groups in total. The zero-order valence-electron chi connectivity index (χ0n) is 10.2. The molecule has 0 unspecified atom stereocenters. The maximum absolute atomic E-state index is 12.4. The molecule has 0 atom stereocenters. The van der Waals surface area contributed by atoms with E-state index in [9.17, 15) is 9.59 Å². The number of amides is 2. The van der Waals surface area contributed by atoms with Gasteiger partial charge in [0, 0.05) is 3.57 Å². The summed E-state index contributed by atoms with van der Waals surface area (Å²) in [5.74, 6) is -0.494. The Hall–Kier alpha value is -1.69. The van der Waals surface area contributed by atoms with Crippen molar-refractivity contribution >= 4 is 40.1 Å². The Morgan fingerprint density at radius 2 is 1.68 bits per heavy atom. The van der Waals surface area contributed by atoms with Crippen LogP contribution >= 0.6 is 22.6 Å². The minimum atomic E-state index is -0.248. The second-order valence-electron chi connectivity index (χ2n) is 4.47. The fourth-order valence-corrected chi connectivity index (χ4v) is 2.71. The lowest BCUT2D eigenvalue weighted by molar-refractivity contribution is 0.0926. The van der Waals surface area contributed by atoms with Crippen molar-refractivity contribution in [3.8, 4) is 0 Å². The Labute approximate surface area is 124 Å². The molecule has 1 aliphatic rings. The molecule has 0 fully saturated rings. The van der Waals surface area contributed by atoms with Gasteiger partial charge in [0.2, 0.25) is 0 Å². The quantitative estimate of drug-likeness (QED) is 0.575. The van der Waals surface area contributed by atoms with Gasteiger partial charge in [0.25, 0.3) is 11.8 Å². The smallest absolute Gasteiger partial charge is 0.266 e. The van der Waals surface area contributed by atoms with E-state index < -0.39 is 0 Å². The molecule has 0 radical (unpaired) electrons. The highest BCUT2D eigenvalue weighted by molar-refractivity contribution is 14.1. The third-order valence-corrected chi connectivity index (χ3v) is 3.78. The monoisotopic (exact) mass is 363 g/mol. The van der Waals surface area contributed by atoms with Crippen LogP contribution in [-0.4, -0.2) is 11.8 Å². The lowest BCUT2D eigenvalue weighted by Gasteiger charge is -2.14. The molecule has 0 spiro atoms. The number of benzene rings is 2. The van der Waals surface area contributed by atoms with Gasteiger partial charge in [0.1, 0.15) is 0 Å². The number of fused-ring (bicyclic) bond motifs is 1. The van der Waals surface area contributed by atoms with Crippen LogP contribution < -0.4 is 4.90 Å². The number of imide groups is 1. The van der Waals surface area contributed by atoms with Crippen LogP contribution in [0.15, 0.2) is 42.5 Å². The number of hydrogen-bond acceptors (Lipinski definition) is 2. The third kappa shape index (κ3) is 1.96. The second-order valence-corrected chi connectivity index (χ2v) is 5.72. The molecule has 1 heterocycles. The van der Waals surface area contributed by atoms with Crippen molar-refractivity contribution in [1.82, 2.24) is 0 Å². The molecule has 0 saturated heterocycles. The first kappa shape index (κ1) is 12.3. The average molecular weight is 363 g/mol. The van der Waals surface area contributed by atoms with Gasteiger partial charge in [-0.2, -0.15) is 0 Å². The van der Waals surface area contributed by atoms with Gasteiger partial charge in [-0.1, -0.05) is 12.1 Å². The topological polar surface area (TPSA) is 37.4 Å². The minimum Gasteiger partial charge on any atom is -0.268 e. The molecule has 2 aromatic carbocycles. The van der Waals surface area contributed by atoms with Gasteiger partial charge in [-0.15, -0.1) is 0 Å². The number of nitrogens with zero attached hydrogens (tertiary/aromatic N) is 1. The van der Waals surface area contributed by atoms with Crippen LogP contribution in [0.3, 0.4) is 0 Å². The fraction of sp³-hybridized carbons (Fsp3) is 0.0667. The number of carbonyl (C=O) groups is 2. The third-order valence-electron chi connectivity index (χ3n) is 3.11. The SMILES string of the molecule is Cc1cccc(N2C(=O)c3ccc(I)cc3C2=O)c1. The predicted octanol–water partition coefficient (Wildman–Crippen LogP) is 3.40. The molecule has 19 heavy (non-hydrogen) atoms. The molecule has 2 amide bonds. The van der Waals surface area contributed by atoms with Crippen molar-refractivity contribution in [2.45, 2.75) is 6.92 Å². The number of aryl methyl sites for hydroxylation is 1. The van der Waals surface area contributed by atoms with E-state index in [-0.39, 0.29) is 11.8 Å². The number of anilines is 1. The largest absolute Gasteiger partial charge is 0.268 e. The van der Waals surface area contributed by atoms with E-state index in [0.29, 0.717) is 16.8 Å². The molecule has 94 valence electrons. The number of hydrogen-bond donors (Lipinski definition) is 0. The summed E-state index contributed by atoms with van der Waals surface area (Å²) in [4.78, 5) is 25.9. The highest BCUT2D eigenvalue weighted by atomic mass is 127. The molecule has 0 aliphatic carbocycles. The molecule has 3 rings (SSSR count). The summed E-state index contributed by atoms with van der Waals surface area (Å²) in [5.41, 5.74) is 2.61. The van der Waals surface area contributed by atoms with Gasteiger partial charge in [-0.05, 0) is 65.4 Å². The van der Waals surface area contributed by atoms with E-state index in [1.807, 2.05) is 31.2 Å². The van der Waals surface area contributed by atoms with Crippen LogP contribution in [0.2, 0.25) is 0 Å². The number of halogens is 1. The zero-order chi connectivity index (χ0) is 13.6. The van der Waals surface area contributed by atoms with Crippen molar-refractivity contribution in [1.29, 1.82) is 0 Å². The normalized spacial score (nSPS) is 13.9. The van der Waals surface area contributed by atoms with Crippen LogP contribution in [-0.2, 0) is 0 Å². The molecule has 0 aromatic heterocycles. The first-order valence-electron chi connectivity index (χ1n) is 5.83. The first-order valence-corrected chi connectivity index (χ1v) is 6.91. The molecule has 0 bridgehead atoms. The van der Waals surface area contributed by atoms with Crippen molar-refractivity contribution in [2.75, 3.05) is 4.90 Å². The summed E-state index contributed by atoms with van der Waals surface area (Å²) < 4.78 is 0.948. The molecule has 3 nitrogen and oxygen atoms in total. The molecular weight excluding hydrogens is 353 g/mol. The Balaban J connectivity index is 2.13. The predicted molar refractivity (Wildman–Crippen MR) is 81.5 cm³/mol. The summed E-state index contributed by atoms with van der Waals surface area (Å²) in [6.45, 7) is 1.94. The van der Waals surface area contributed by atoms with Crippen molar-refractivity contribution in [3.63, 3.8) is 0 Å². The lowest BCUT2D eigenvalue weighted by atomic mass is 10.1. The van der Waals surface area contributed by atoms with E-state index in [1.165, 1.54) is 4.90 Å². The standard InChI is InChI=1S/C15H10INO2/c1-9-3-2-4-11(7-9)17-14(18)12-6-5-10(16)8-13(12)15(17)19/h2-8H,1H3. The van der Waals surface area contributed by atoms with Crippen LogP contribution in [0.5, 0.6) is 0 Å². The lowest BCUT2D eigenvalue weighted by Crippen LogP contribution is -2.29. The summed E-state index contributed by atoms with van der Waals surface area (Å²) >= 11 is 2.14. The van der Waals surface area contributed by atoms with Gasteiger partial charge in [0.15, 0.2) is 0 Å². The Kier molecular flexibility index (Phi) is 2.89. The van der Waals surface area contributed by atoms with Crippen LogP contribution in [0.4, 0.5) is 5.69 Å². The van der Waals surface area contributed by atoms with Gasteiger partial charge in [0.05, 0.1) is 16.8 Å². The van der Waals surface area contributed by atoms with Crippen LogP contribution in [0.25, 0.3) is 0 Å². The summed E-state index contributed by atoms with van der Waals surface area (Å²) in [6.07, 6.45) is 0. The van der Waals surface area contributed by atoms with Crippen LogP contribution in [0, 0.1) is 10.5 Å². The van der Waals surface area contributed by atoms with E-state index >= 15 is 0 Å². The Bertz CT molecular complexity index is 709. The summed E-state index contributed by atoms with van der Waals surface area (Å²) in [6, 6.07) is 12.7. The van der Waals surface area contributed by atoms with E-state index in [4.69, 9.17) is 0 Å². The highest BCUT2D eigenvalue weighted by Crippen LogP contribution is 2.29. The number of carbonyl (C=O) groups excluding carboxylic acids is 2. The molecule has 2 aromatic rings. The first-order chi connectivity index (χ1) is 9.08. The second kappa shape index (κ2) is 4.45. The highest BCUT2D eigenvalue weighted by Gasteiger charge is 2.36. The molecule has 4 heteroatoms. The minimum absolute atomic E-state index is 0.246. The van der Waals surface area contributed by atoms with Crippen molar-refractivity contribution in [2.24, 2.45) is 0 Å². The summed E-state index contributed by atoms with van der Waals surface area (Å²) in [7, 11) is 0.